The van der Waals surface area contributed by atoms with Crippen LogP contribution in [0, 0.1) is 27.7 Å². The third kappa shape index (κ3) is 4.69. The number of carbonyl (C=O) groups is 1. The van der Waals surface area contributed by atoms with Crippen LogP contribution >= 0.6 is 0 Å². The van der Waals surface area contributed by atoms with Crippen LogP contribution in [0.3, 0.4) is 0 Å². The molecule has 0 aliphatic rings. The highest BCUT2D eigenvalue weighted by atomic mass is 32.2. The van der Waals surface area contributed by atoms with Gasteiger partial charge in [-0.15, -0.1) is 0 Å². The lowest BCUT2D eigenvalue weighted by Crippen LogP contribution is -2.30. The summed E-state index contributed by atoms with van der Waals surface area (Å²) >= 11 is 0. The van der Waals surface area contributed by atoms with Crippen molar-refractivity contribution >= 4 is 21.6 Å². The number of rotatable bonds is 6. The van der Waals surface area contributed by atoms with E-state index in [9.17, 15) is 13.2 Å². The highest BCUT2D eigenvalue weighted by Gasteiger charge is 2.16. The molecule has 0 saturated carbocycles. The number of primary sulfonamides is 1. The summed E-state index contributed by atoms with van der Waals surface area (Å²) in [5, 5.41) is 11.9. The van der Waals surface area contributed by atoms with Gasteiger partial charge in [-0.05, 0) is 58.0 Å². The average molecular weight is 380 g/mol. The molecule has 0 bridgehead atoms. The summed E-state index contributed by atoms with van der Waals surface area (Å²) in [6, 6.07) is 2.87. The molecule has 1 amide bonds. The Morgan fingerprint density at radius 1 is 1.27 bits per heavy atom. The average Bonchev–Trinajstić information content (AvgIpc) is 2.82. The molecule has 1 heterocycles. The molecule has 26 heavy (non-hydrogen) atoms. The van der Waals surface area contributed by atoms with Crippen molar-refractivity contribution in [2.75, 3.05) is 18.9 Å². The molecule has 1 aromatic heterocycles. The molecule has 3 N–H and O–H groups in total. The molecule has 9 heteroatoms. The van der Waals surface area contributed by atoms with E-state index in [1.54, 1.807) is 6.92 Å². The Hall–Kier alpha value is -2.23. The first-order valence-corrected chi connectivity index (χ1v) is 9.58. The van der Waals surface area contributed by atoms with Gasteiger partial charge < -0.3 is 9.84 Å². The van der Waals surface area contributed by atoms with Gasteiger partial charge in [0, 0.05) is 17.8 Å². The van der Waals surface area contributed by atoms with Crippen LogP contribution in [0.15, 0.2) is 21.6 Å². The molecule has 0 aliphatic heterocycles. The Morgan fingerprint density at radius 2 is 1.92 bits per heavy atom. The number of sulfonamides is 1. The number of hydrogen-bond acceptors (Lipinski definition) is 6. The van der Waals surface area contributed by atoms with E-state index in [-0.39, 0.29) is 17.3 Å². The summed E-state index contributed by atoms with van der Waals surface area (Å²) in [5.74, 6) is 0.468. The highest BCUT2D eigenvalue weighted by molar-refractivity contribution is 7.89. The SMILES string of the molecule is Cc1cc(S(N)(=O)=O)cc(NC(=O)CN(C)Cc2c(C)noc2C)c1C. The maximum Gasteiger partial charge on any atom is 0.238 e. The highest BCUT2D eigenvalue weighted by Crippen LogP contribution is 2.23. The standard InChI is InChI=1S/C17H24N4O4S/c1-10-6-14(26(18,23)24)7-16(11(10)2)19-17(22)9-21(5)8-15-12(3)20-25-13(15)4/h6-7H,8-9H2,1-5H3,(H,19,22)(H2,18,23,24). The van der Waals surface area contributed by atoms with Crippen molar-refractivity contribution in [1.29, 1.82) is 0 Å². The first-order chi connectivity index (χ1) is 12.0. The predicted octanol–water partition coefficient (Wildman–Crippen LogP) is 1.63. The van der Waals surface area contributed by atoms with Gasteiger partial charge in [0.1, 0.15) is 5.76 Å². The van der Waals surface area contributed by atoms with Gasteiger partial charge in [0.15, 0.2) is 0 Å². The van der Waals surface area contributed by atoms with Crippen molar-refractivity contribution < 1.29 is 17.7 Å². The van der Waals surface area contributed by atoms with Crippen LogP contribution in [0.2, 0.25) is 0 Å². The van der Waals surface area contributed by atoms with Gasteiger partial charge in [-0.25, -0.2) is 13.6 Å². The van der Waals surface area contributed by atoms with E-state index in [1.807, 2.05) is 32.7 Å². The molecule has 0 fully saturated rings. The number of aromatic nitrogens is 1. The molecule has 0 spiro atoms. The molecule has 0 radical (unpaired) electrons. The zero-order valence-electron chi connectivity index (χ0n) is 15.6. The Balaban J connectivity index is 2.11. The number of hydrogen-bond donors (Lipinski definition) is 2. The van der Waals surface area contributed by atoms with Crippen molar-refractivity contribution in [2.45, 2.75) is 39.1 Å². The number of nitrogens with two attached hydrogens (primary N) is 1. The van der Waals surface area contributed by atoms with Crippen molar-refractivity contribution in [3.05, 3.63) is 40.3 Å². The van der Waals surface area contributed by atoms with Gasteiger partial charge >= 0.3 is 0 Å². The molecule has 1 aromatic carbocycles. The third-order valence-electron chi connectivity index (χ3n) is 4.27. The van der Waals surface area contributed by atoms with Gasteiger partial charge in [0.2, 0.25) is 15.9 Å². The summed E-state index contributed by atoms with van der Waals surface area (Å²) in [7, 11) is -2.04. The zero-order chi connectivity index (χ0) is 19.6. The molecule has 0 aliphatic carbocycles. The molecule has 0 atom stereocenters. The number of benzene rings is 1. The molecular weight excluding hydrogens is 356 g/mol. The van der Waals surface area contributed by atoms with Crippen LogP contribution in [0.1, 0.15) is 28.1 Å². The molecule has 0 saturated heterocycles. The minimum atomic E-state index is -3.85. The minimum Gasteiger partial charge on any atom is -0.361 e. The summed E-state index contributed by atoms with van der Waals surface area (Å²) in [5.41, 5.74) is 3.70. The van der Waals surface area contributed by atoms with Gasteiger partial charge in [-0.1, -0.05) is 5.16 Å². The van der Waals surface area contributed by atoms with Gasteiger partial charge in [0.25, 0.3) is 0 Å². The lowest BCUT2D eigenvalue weighted by atomic mass is 10.1. The number of carbonyl (C=O) groups excluding carboxylic acids is 1. The fraction of sp³-hybridized carbons (Fsp3) is 0.412. The maximum absolute atomic E-state index is 12.4. The van der Waals surface area contributed by atoms with Gasteiger partial charge in [-0.2, -0.15) is 0 Å². The number of nitrogens with zero attached hydrogens (tertiary/aromatic N) is 2. The number of likely N-dealkylation sites (N-methyl/N-ethyl adjacent to an activating group) is 1. The van der Waals surface area contributed by atoms with E-state index in [1.165, 1.54) is 12.1 Å². The van der Waals surface area contributed by atoms with Crippen LogP contribution in [-0.2, 0) is 21.4 Å². The molecule has 2 aromatic rings. The van der Waals surface area contributed by atoms with Gasteiger partial charge in [-0.3, -0.25) is 9.69 Å². The van der Waals surface area contributed by atoms with E-state index >= 15 is 0 Å². The molecule has 142 valence electrons. The lowest BCUT2D eigenvalue weighted by molar-refractivity contribution is -0.117. The lowest BCUT2D eigenvalue weighted by Gasteiger charge is -2.17. The monoisotopic (exact) mass is 380 g/mol. The Bertz CT molecular complexity index is 915. The van der Waals surface area contributed by atoms with Crippen LogP contribution in [-0.4, -0.2) is 38.0 Å². The topological polar surface area (TPSA) is 119 Å². The smallest absolute Gasteiger partial charge is 0.238 e. The second-order valence-corrected chi connectivity index (χ2v) is 8.04. The van der Waals surface area contributed by atoms with Crippen molar-refractivity contribution in [3.63, 3.8) is 0 Å². The van der Waals surface area contributed by atoms with E-state index in [0.717, 1.165) is 28.1 Å². The van der Waals surface area contributed by atoms with Crippen molar-refractivity contribution in [3.8, 4) is 0 Å². The Labute approximate surface area is 153 Å². The van der Waals surface area contributed by atoms with Gasteiger partial charge in [0.05, 0.1) is 17.1 Å². The summed E-state index contributed by atoms with van der Waals surface area (Å²) in [4.78, 5) is 14.2. The number of nitrogens with one attached hydrogen (secondary N) is 1. The van der Waals surface area contributed by atoms with Crippen molar-refractivity contribution in [2.24, 2.45) is 5.14 Å². The van der Waals surface area contributed by atoms with Crippen LogP contribution in [0.5, 0.6) is 0 Å². The minimum absolute atomic E-state index is 0.0278. The second-order valence-electron chi connectivity index (χ2n) is 6.48. The second kappa shape index (κ2) is 7.56. The predicted molar refractivity (Wildman–Crippen MR) is 98.2 cm³/mol. The fourth-order valence-corrected chi connectivity index (χ4v) is 3.23. The summed E-state index contributed by atoms with van der Waals surface area (Å²) in [6.45, 7) is 7.90. The van der Waals surface area contributed by atoms with E-state index < -0.39 is 10.0 Å². The van der Waals surface area contributed by atoms with E-state index in [2.05, 4.69) is 10.5 Å². The van der Waals surface area contributed by atoms with Crippen LogP contribution in [0.25, 0.3) is 0 Å². The fourth-order valence-electron chi connectivity index (χ4n) is 2.61. The summed E-state index contributed by atoms with van der Waals surface area (Å²) in [6.07, 6.45) is 0. The largest absolute Gasteiger partial charge is 0.361 e. The number of amides is 1. The third-order valence-corrected chi connectivity index (χ3v) is 5.16. The molecular formula is C17H24N4O4S. The van der Waals surface area contributed by atoms with Crippen molar-refractivity contribution in [1.82, 2.24) is 10.1 Å². The quantitative estimate of drug-likeness (QED) is 0.786. The Kier molecular flexibility index (Phi) is 5.84. The number of anilines is 1. The Morgan fingerprint density at radius 3 is 2.46 bits per heavy atom. The van der Waals surface area contributed by atoms with Crippen LogP contribution in [0.4, 0.5) is 5.69 Å². The molecule has 8 nitrogen and oxygen atoms in total. The maximum atomic E-state index is 12.4. The number of aryl methyl sites for hydroxylation is 3. The van der Waals surface area contributed by atoms with E-state index in [4.69, 9.17) is 9.66 Å². The first kappa shape index (κ1) is 20.1. The van der Waals surface area contributed by atoms with Crippen LogP contribution < -0.4 is 10.5 Å². The first-order valence-electron chi connectivity index (χ1n) is 8.03. The van der Waals surface area contributed by atoms with E-state index in [0.29, 0.717) is 12.2 Å². The summed E-state index contributed by atoms with van der Waals surface area (Å²) < 4.78 is 28.3. The molecule has 0 unspecified atom stereocenters. The molecule has 2 rings (SSSR count). The normalized spacial score (nSPS) is 11.8. The zero-order valence-corrected chi connectivity index (χ0v) is 16.4.